The standard InChI is InChI=1S/C21H12Cl2INO3S/c22-13-3-7-17(23)16(9-13)18-8-6-15(28-18)10-19-20(26)25(21(27)29-19)11-12-1-4-14(24)5-2-12/h1-10H,11H2/b19-10+. The van der Waals surface area contributed by atoms with E-state index in [1.165, 1.54) is 4.90 Å². The molecule has 1 aliphatic rings. The van der Waals surface area contributed by atoms with Gasteiger partial charge in [-0.3, -0.25) is 14.5 Å². The van der Waals surface area contributed by atoms with Crippen LogP contribution in [0.25, 0.3) is 17.4 Å². The number of hydrogen-bond donors (Lipinski definition) is 0. The summed E-state index contributed by atoms with van der Waals surface area (Å²) in [7, 11) is 0. The van der Waals surface area contributed by atoms with Crippen molar-refractivity contribution < 1.29 is 14.0 Å². The zero-order chi connectivity index (χ0) is 20.5. The van der Waals surface area contributed by atoms with E-state index in [1.54, 1.807) is 36.4 Å². The summed E-state index contributed by atoms with van der Waals surface area (Å²) in [6, 6.07) is 16.3. The Morgan fingerprint density at radius 3 is 2.55 bits per heavy atom. The number of amides is 2. The Morgan fingerprint density at radius 2 is 1.79 bits per heavy atom. The van der Waals surface area contributed by atoms with Crippen molar-refractivity contribution in [3.8, 4) is 11.3 Å². The van der Waals surface area contributed by atoms with Crippen LogP contribution >= 0.6 is 57.6 Å². The summed E-state index contributed by atoms with van der Waals surface area (Å²) in [5.74, 6) is 0.648. The summed E-state index contributed by atoms with van der Waals surface area (Å²) in [5, 5.41) is 0.747. The van der Waals surface area contributed by atoms with Crippen LogP contribution < -0.4 is 0 Å². The predicted molar refractivity (Wildman–Crippen MR) is 125 cm³/mol. The normalized spacial score (nSPS) is 15.6. The first-order chi connectivity index (χ1) is 13.9. The number of carbonyl (C=O) groups excluding carboxylic acids is 2. The van der Waals surface area contributed by atoms with Crippen LogP contribution in [-0.2, 0) is 11.3 Å². The average molecular weight is 556 g/mol. The molecule has 1 fully saturated rings. The van der Waals surface area contributed by atoms with Gasteiger partial charge in [0.15, 0.2) is 0 Å². The first-order valence-electron chi connectivity index (χ1n) is 8.46. The van der Waals surface area contributed by atoms with Crippen molar-refractivity contribution >= 4 is 74.8 Å². The van der Waals surface area contributed by atoms with Crippen LogP contribution in [0.5, 0.6) is 0 Å². The van der Waals surface area contributed by atoms with Gasteiger partial charge in [-0.1, -0.05) is 35.3 Å². The molecular formula is C21H12Cl2INO3S. The molecule has 1 aromatic heterocycles. The fourth-order valence-electron chi connectivity index (χ4n) is 2.80. The van der Waals surface area contributed by atoms with Gasteiger partial charge in [0.25, 0.3) is 11.1 Å². The van der Waals surface area contributed by atoms with Crippen LogP contribution in [0, 0.1) is 3.57 Å². The van der Waals surface area contributed by atoms with Crippen LogP contribution in [-0.4, -0.2) is 16.0 Å². The number of hydrogen-bond acceptors (Lipinski definition) is 4. The Morgan fingerprint density at radius 1 is 1.03 bits per heavy atom. The monoisotopic (exact) mass is 555 g/mol. The molecule has 2 aromatic carbocycles. The zero-order valence-electron chi connectivity index (χ0n) is 14.7. The minimum Gasteiger partial charge on any atom is -0.457 e. The van der Waals surface area contributed by atoms with Crippen molar-refractivity contribution in [1.82, 2.24) is 4.90 Å². The summed E-state index contributed by atoms with van der Waals surface area (Å²) in [6.07, 6.45) is 1.57. The van der Waals surface area contributed by atoms with Gasteiger partial charge in [-0.15, -0.1) is 0 Å². The minimum atomic E-state index is -0.336. The molecule has 1 saturated heterocycles. The minimum absolute atomic E-state index is 0.237. The SMILES string of the molecule is O=C1S/C(=C/c2ccc(-c3cc(Cl)ccc3Cl)o2)C(=O)N1Cc1ccc(I)cc1. The second-order valence-corrected chi connectivity index (χ2v) is 9.30. The Balaban J connectivity index is 1.55. The average Bonchev–Trinajstić information content (AvgIpc) is 3.26. The number of rotatable bonds is 4. The third kappa shape index (κ3) is 4.55. The lowest BCUT2D eigenvalue weighted by atomic mass is 10.2. The fraction of sp³-hybridized carbons (Fsp3) is 0.0476. The van der Waals surface area contributed by atoms with Crippen molar-refractivity contribution in [2.75, 3.05) is 0 Å². The molecule has 4 nitrogen and oxygen atoms in total. The van der Waals surface area contributed by atoms with Crippen molar-refractivity contribution in [1.29, 1.82) is 0 Å². The lowest BCUT2D eigenvalue weighted by Crippen LogP contribution is -2.27. The topological polar surface area (TPSA) is 50.5 Å². The van der Waals surface area contributed by atoms with Gasteiger partial charge in [-0.2, -0.15) is 0 Å². The molecular weight excluding hydrogens is 544 g/mol. The number of benzene rings is 2. The van der Waals surface area contributed by atoms with E-state index in [4.69, 9.17) is 27.6 Å². The van der Waals surface area contributed by atoms with Crippen molar-refractivity contribution in [2.45, 2.75) is 6.54 Å². The maximum atomic E-state index is 12.7. The molecule has 1 aliphatic heterocycles. The van der Waals surface area contributed by atoms with E-state index < -0.39 is 0 Å². The number of furan rings is 1. The largest absolute Gasteiger partial charge is 0.457 e. The summed E-state index contributed by atoms with van der Waals surface area (Å²) in [5.41, 5.74) is 1.55. The Bertz CT molecular complexity index is 1140. The van der Waals surface area contributed by atoms with E-state index in [0.29, 0.717) is 32.0 Å². The second-order valence-electron chi connectivity index (χ2n) is 6.22. The molecule has 3 aromatic rings. The molecule has 2 amide bonds. The smallest absolute Gasteiger partial charge is 0.293 e. The van der Waals surface area contributed by atoms with E-state index >= 15 is 0 Å². The van der Waals surface area contributed by atoms with Gasteiger partial charge in [0, 0.05) is 20.2 Å². The molecule has 0 spiro atoms. The highest BCUT2D eigenvalue weighted by molar-refractivity contribution is 14.1. The number of nitrogens with zero attached hydrogens (tertiary/aromatic N) is 1. The van der Waals surface area contributed by atoms with Gasteiger partial charge in [-0.05, 0) is 82.4 Å². The molecule has 0 atom stereocenters. The third-order valence-electron chi connectivity index (χ3n) is 4.22. The lowest BCUT2D eigenvalue weighted by Gasteiger charge is -2.12. The number of carbonyl (C=O) groups is 2. The Labute approximate surface area is 195 Å². The zero-order valence-corrected chi connectivity index (χ0v) is 19.2. The Hall–Kier alpha value is -1.74. The van der Waals surface area contributed by atoms with Crippen molar-refractivity contribution in [2.24, 2.45) is 0 Å². The molecule has 8 heteroatoms. The van der Waals surface area contributed by atoms with Crippen molar-refractivity contribution in [3.63, 3.8) is 0 Å². The van der Waals surface area contributed by atoms with Crippen LogP contribution in [0.4, 0.5) is 4.79 Å². The molecule has 2 heterocycles. The molecule has 0 aliphatic carbocycles. The maximum Gasteiger partial charge on any atom is 0.293 e. The molecule has 0 saturated carbocycles. The first kappa shape index (κ1) is 20.5. The summed E-state index contributed by atoms with van der Waals surface area (Å²) < 4.78 is 6.89. The van der Waals surface area contributed by atoms with Gasteiger partial charge >= 0.3 is 0 Å². The van der Waals surface area contributed by atoms with Gasteiger partial charge in [0.2, 0.25) is 0 Å². The predicted octanol–water partition coefficient (Wildman–Crippen LogP) is 7.09. The van der Waals surface area contributed by atoms with E-state index in [-0.39, 0.29) is 17.7 Å². The summed E-state index contributed by atoms with van der Waals surface area (Å²) >= 11 is 15.4. The van der Waals surface area contributed by atoms with Gasteiger partial charge in [0.1, 0.15) is 11.5 Å². The third-order valence-corrected chi connectivity index (χ3v) is 6.41. The molecule has 29 heavy (non-hydrogen) atoms. The Kier molecular flexibility index (Phi) is 6.06. The highest BCUT2D eigenvalue weighted by Crippen LogP contribution is 2.36. The summed E-state index contributed by atoms with van der Waals surface area (Å²) in [4.78, 5) is 26.6. The molecule has 0 unspecified atom stereocenters. The van der Waals surface area contributed by atoms with Gasteiger partial charge in [-0.25, -0.2) is 0 Å². The molecule has 4 rings (SSSR count). The van der Waals surface area contributed by atoms with E-state index in [9.17, 15) is 9.59 Å². The number of imide groups is 1. The highest BCUT2D eigenvalue weighted by Gasteiger charge is 2.35. The number of thioether (sulfide) groups is 1. The number of halogens is 3. The van der Waals surface area contributed by atoms with Crippen molar-refractivity contribution in [3.05, 3.63) is 84.4 Å². The van der Waals surface area contributed by atoms with Crippen LogP contribution in [0.2, 0.25) is 10.0 Å². The van der Waals surface area contributed by atoms with E-state index in [0.717, 1.165) is 20.9 Å². The fourth-order valence-corrected chi connectivity index (χ4v) is 4.36. The molecule has 0 bridgehead atoms. The van der Waals surface area contributed by atoms with Gasteiger partial charge in [0.05, 0.1) is 16.5 Å². The quantitative estimate of drug-likeness (QED) is 0.254. The molecule has 0 N–H and O–H groups in total. The van der Waals surface area contributed by atoms with E-state index in [1.807, 2.05) is 24.3 Å². The summed E-state index contributed by atoms with van der Waals surface area (Å²) in [6.45, 7) is 0.237. The maximum absolute atomic E-state index is 12.7. The molecule has 0 radical (unpaired) electrons. The van der Waals surface area contributed by atoms with Crippen LogP contribution in [0.15, 0.2) is 63.9 Å². The van der Waals surface area contributed by atoms with E-state index in [2.05, 4.69) is 22.6 Å². The molecule has 146 valence electrons. The van der Waals surface area contributed by atoms with Crippen LogP contribution in [0.1, 0.15) is 11.3 Å². The van der Waals surface area contributed by atoms with Gasteiger partial charge < -0.3 is 4.42 Å². The lowest BCUT2D eigenvalue weighted by molar-refractivity contribution is -0.123. The second kappa shape index (κ2) is 8.55. The van der Waals surface area contributed by atoms with Crippen LogP contribution in [0.3, 0.4) is 0 Å². The highest BCUT2D eigenvalue weighted by atomic mass is 127. The first-order valence-corrected chi connectivity index (χ1v) is 11.1.